The van der Waals surface area contributed by atoms with Crippen LogP contribution in [-0.2, 0) is 12.8 Å². The molecule has 0 aliphatic heterocycles. The molecule has 2 aromatic rings. The molecule has 19 heavy (non-hydrogen) atoms. The molecule has 2 rings (SSSR count). The van der Waals surface area contributed by atoms with Crippen LogP contribution in [0.3, 0.4) is 0 Å². The highest BCUT2D eigenvalue weighted by atomic mass is 19.4. The molecule has 100 valence electrons. The van der Waals surface area contributed by atoms with Crippen LogP contribution >= 0.6 is 0 Å². The largest absolute Gasteiger partial charge is 0.437 e. The van der Waals surface area contributed by atoms with Gasteiger partial charge in [0.2, 0.25) is 5.88 Å². The van der Waals surface area contributed by atoms with Gasteiger partial charge in [-0.05, 0) is 23.8 Å². The van der Waals surface area contributed by atoms with Gasteiger partial charge in [-0.3, -0.25) is 0 Å². The number of halogens is 3. The van der Waals surface area contributed by atoms with Crippen LogP contribution in [-0.4, -0.2) is 15.1 Å². The van der Waals surface area contributed by atoms with E-state index in [1.165, 1.54) is 12.3 Å². The Hall–Kier alpha value is -2.15. The van der Waals surface area contributed by atoms with Crippen LogP contribution in [0.2, 0.25) is 0 Å². The number of pyridine rings is 2. The van der Waals surface area contributed by atoms with E-state index in [0.29, 0.717) is 5.56 Å². The van der Waals surface area contributed by atoms with Crippen molar-refractivity contribution in [3.63, 3.8) is 0 Å². The molecule has 0 saturated heterocycles. The van der Waals surface area contributed by atoms with E-state index in [0.717, 1.165) is 18.3 Å². The van der Waals surface area contributed by atoms with Gasteiger partial charge >= 0.3 is 6.18 Å². The molecule has 0 radical (unpaired) electrons. The van der Waals surface area contributed by atoms with E-state index in [9.17, 15) is 13.2 Å². The van der Waals surface area contributed by atoms with Crippen molar-refractivity contribution in [2.45, 2.75) is 12.8 Å². The number of hydrogen-bond acceptors (Lipinski definition) is 4. The zero-order valence-electron chi connectivity index (χ0n) is 9.55. The number of hydrogen-bond donors (Lipinski definition) is 1. The molecule has 0 fully saturated rings. The number of aromatic nitrogens is 2. The third-order valence-electron chi connectivity index (χ3n) is 2.23. The fraction of sp³-hybridized carbons (Fsp3) is 0.167. The van der Waals surface area contributed by atoms with Crippen LogP contribution in [0.25, 0.3) is 0 Å². The molecule has 1 N–H and O–H groups in total. The van der Waals surface area contributed by atoms with Crippen molar-refractivity contribution in [2.75, 3.05) is 0 Å². The molecule has 0 aliphatic rings. The number of aliphatic hydroxyl groups excluding tert-OH is 1. The van der Waals surface area contributed by atoms with E-state index >= 15 is 0 Å². The first kappa shape index (κ1) is 13.3. The molecule has 2 heterocycles. The fourth-order valence-corrected chi connectivity index (χ4v) is 1.29. The number of aliphatic hydroxyl groups is 1. The molecule has 0 atom stereocenters. The van der Waals surface area contributed by atoms with Crippen LogP contribution in [0.5, 0.6) is 11.6 Å². The average molecular weight is 270 g/mol. The Kier molecular flexibility index (Phi) is 3.66. The Balaban J connectivity index is 2.10. The molecular weight excluding hydrogens is 261 g/mol. The lowest BCUT2D eigenvalue weighted by Gasteiger charge is -2.07. The molecular formula is C12H9F3N2O2. The van der Waals surface area contributed by atoms with E-state index in [4.69, 9.17) is 9.84 Å². The van der Waals surface area contributed by atoms with E-state index in [2.05, 4.69) is 9.97 Å². The van der Waals surface area contributed by atoms with Crippen LogP contribution in [0.1, 0.15) is 11.3 Å². The maximum atomic E-state index is 12.3. The fourth-order valence-electron chi connectivity index (χ4n) is 1.29. The second-order valence-electron chi connectivity index (χ2n) is 3.64. The third-order valence-corrected chi connectivity index (χ3v) is 2.23. The second kappa shape index (κ2) is 5.23. The highest BCUT2D eigenvalue weighted by Crippen LogP contribution is 2.29. The number of ether oxygens (including phenoxy) is 1. The van der Waals surface area contributed by atoms with Crippen molar-refractivity contribution >= 4 is 0 Å². The van der Waals surface area contributed by atoms with Crippen molar-refractivity contribution < 1.29 is 23.0 Å². The summed E-state index contributed by atoms with van der Waals surface area (Å²) in [7, 11) is 0. The molecule has 0 aromatic carbocycles. The zero-order valence-corrected chi connectivity index (χ0v) is 9.55. The summed E-state index contributed by atoms with van der Waals surface area (Å²) in [6, 6.07) is 5.10. The SMILES string of the molecule is OCc1ccc(Oc2ccc(C(F)(F)F)nc2)nc1. The lowest BCUT2D eigenvalue weighted by molar-refractivity contribution is -0.141. The highest BCUT2D eigenvalue weighted by Gasteiger charge is 2.32. The Morgan fingerprint density at radius 3 is 2.32 bits per heavy atom. The normalized spacial score (nSPS) is 11.4. The number of rotatable bonds is 3. The molecule has 0 unspecified atom stereocenters. The average Bonchev–Trinajstić information content (AvgIpc) is 2.39. The Morgan fingerprint density at radius 1 is 1.05 bits per heavy atom. The number of nitrogens with zero attached hydrogens (tertiary/aromatic N) is 2. The van der Waals surface area contributed by atoms with Crippen LogP contribution < -0.4 is 4.74 Å². The van der Waals surface area contributed by atoms with E-state index in [1.54, 1.807) is 6.07 Å². The minimum atomic E-state index is -4.47. The monoisotopic (exact) mass is 270 g/mol. The predicted octanol–water partition coefficient (Wildman–Crippen LogP) is 2.78. The van der Waals surface area contributed by atoms with Crippen LogP contribution in [0.15, 0.2) is 36.7 Å². The van der Waals surface area contributed by atoms with Gasteiger partial charge in [0.15, 0.2) is 0 Å². The zero-order chi connectivity index (χ0) is 13.9. The second-order valence-corrected chi connectivity index (χ2v) is 3.64. The van der Waals surface area contributed by atoms with Gasteiger partial charge in [-0.2, -0.15) is 13.2 Å². The van der Waals surface area contributed by atoms with Crippen LogP contribution in [0.4, 0.5) is 13.2 Å². The van der Waals surface area contributed by atoms with Crippen molar-refractivity contribution in [3.05, 3.63) is 47.9 Å². The van der Waals surface area contributed by atoms with E-state index in [1.807, 2.05) is 0 Å². The summed E-state index contributed by atoms with van der Waals surface area (Å²) in [5.41, 5.74) is -0.374. The van der Waals surface area contributed by atoms with E-state index < -0.39 is 11.9 Å². The van der Waals surface area contributed by atoms with Crippen molar-refractivity contribution in [2.24, 2.45) is 0 Å². The Labute approximate surface area is 106 Å². The smallest absolute Gasteiger partial charge is 0.433 e. The molecule has 0 aliphatic carbocycles. The van der Waals surface area contributed by atoms with Gasteiger partial charge in [0, 0.05) is 12.3 Å². The molecule has 2 aromatic heterocycles. The van der Waals surface area contributed by atoms with E-state index in [-0.39, 0.29) is 18.2 Å². The maximum Gasteiger partial charge on any atom is 0.433 e. The number of alkyl halides is 3. The predicted molar refractivity (Wildman–Crippen MR) is 59.5 cm³/mol. The highest BCUT2D eigenvalue weighted by molar-refractivity contribution is 5.27. The van der Waals surface area contributed by atoms with Crippen molar-refractivity contribution in [1.82, 2.24) is 9.97 Å². The first-order valence-corrected chi connectivity index (χ1v) is 5.26. The summed E-state index contributed by atoms with van der Waals surface area (Å²) in [5.74, 6) is 0.357. The Morgan fingerprint density at radius 2 is 1.84 bits per heavy atom. The molecule has 0 saturated carbocycles. The molecule has 0 bridgehead atoms. The van der Waals surface area contributed by atoms with Gasteiger partial charge in [-0.25, -0.2) is 9.97 Å². The summed E-state index contributed by atoms with van der Waals surface area (Å²) in [6.07, 6.45) is -2.09. The molecule has 0 spiro atoms. The van der Waals surface area contributed by atoms with Gasteiger partial charge in [0.1, 0.15) is 11.4 Å². The summed E-state index contributed by atoms with van der Waals surface area (Å²) < 4.78 is 42.1. The quantitative estimate of drug-likeness (QED) is 0.931. The minimum absolute atomic E-state index is 0.144. The lowest BCUT2D eigenvalue weighted by atomic mass is 10.3. The van der Waals surface area contributed by atoms with Gasteiger partial charge in [0.25, 0.3) is 0 Å². The molecule has 7 heteroatoms. The Bertz CT molecular complexity index is 538. The molecule has 4 nitrogen and oxygen atoms in total. The topological polar surface area (TPSA) is 55.2 Å². The summed E-state index contributed by atoms with van der Waals surface area (Å²) in [4.78, 5) is 7.15. The maximum absolute atomic E-state index is 12.3. The summed E-state index contributed by atoms with van der Waals surface area (Å²) in [5, 5.41) is 8.83. The summed E-state index contributed by atoms with van der Waals surface area (Å²) >= 11 is 0. The standard InChI is InChI=1S/C12H9F3N2O2/c13-12(14,15)10-3-2-9(6-16-10)19-11-4-1-8(7-18)5-17-11/h1-6,18H,7H2. The first-order chi connectivity index (χ1) is 8.99. The van der Waals surface area contributed by atoms with Gasteiger partial charge in [-0.1, -0.05) is 0 Å². The minimum Gasteiger partial charge on any atom is -0.437 e. The van der Waals surface area contributed by atoms with Crippen LogP contribution in [0, 0.1) is 0 Å². The van der Waals surface area contributed by atoms with Gasteiger partial charge in [-0.15, -0.1) is 0 Å². The lowest BCUT2D eigenvalue weighted by Crippen LogP contribution is -2.07. The third kappa shape index (κ3) is 3.41. The van der Waals surface area contributed by atoms with Crippen molar-refractivity contribution in [1.29, 1.82) is 0 Å². The van der Waals surface area contributed by atoms with Gasteiger partial charge in [0.05, 0.1) is 12.8 Å². The van der Waals surface area contributed by atoms with Gasteiger partial charge < -0.3 is 9.84 Å². The summed E-state index contributed by atoms with van der Waals surface area (Å²) in [6.45, 7) is -0.144. The van der Waals surface area contributed by atoms with Crippen molar-refractivity contribution in [3.8, 4) is 11.6 Å². The first-order valence-electron chi connectivity index (χ1n) is 5.26. The molecule has 0 amide bonds.